The van der Waals surface area contributed by atoms with Crippen molar-refractivity contribution in [3.8, 4) is 5.75 Å². The number of hydrogen-bond acceptors (Lipinski definition) is 4. The lowest BCUT2D eigenvalue weighted by atomic mass is 10.1. The fourth-order valence-electron chi connectivity index (χ4n) is 2.61. The number of guanidine groups is 1. The van der Waals surface area contributed by atoms with Gasteiger partial charge in [0.25, 0.3) is 5.91 Å². The van der Waals surface area contributed by atoms with Gasteiger partial charge in [-0.05, 0) is 29.3 Å². The van der Waals surface area contributed by atoms with Crippen LogP contribution in [0.2, 0.25) is 0 Å². The molecule has 0 aliphatic carbocycles. The zero-order valence-electron chi connectivity index (χ0n) is 14.5. The van der Waals surface area contributed by atoms with E-state index >= 15 is 0 Å². The third kappa shape index (κ3) is 3.68. The second-order valence-electron chi connectivity index (χ2n) is 5.99. The molecule has 3 aromatic rings. The second kappa shape index (κ2) is 7.28. The average Bonchev–Trinajstić information content (AvgIpc) is 3.08. The van der Waals surface area contributed by atoms with Crippen molar-refractivity contribution in [1.29, 1.82) is 5.41 Å². The van der Waals surface area contributed by atoms with Crippen molar-refractivity contribution in [2.24, 2.45) is 11.5 Å². The number of rotatable bonds is 5. The molecule has 7 nitrogen and oxygen atoms in total. The first-order chi connectivity index (χ1) is 12.5. The number of benzene rings is 2. The Balaban J connectivity index is 1.76. The first kappa shape index (κ1) is 17.5. The zero-order chi connectivity index (χ0) is 18.7. The molecule has 26 heavy (non-hydrogen) atoms. The van der Waals surface area contributed by atoms with E-state index in [2.05, 4.69) is 4.98 Å². The number of carbonyl (C=O) groups is 1. The van der Waals surface area contributed by atoms with E-state index in [1.54, 1.807) is 6.07 Å². The second-order valence-corrected chi connectivity index (χ2v) is 5.99. The minimum absolute atomic E-state index is 0.308. The van der Waals surface area contributed by atoms with E-state index in [1.165, 1.54) is 7.05 Å². The highest BCUT2D eigenvalue weighted by Crippen LogP contribution is 2.23. The molecule has 3 rings (SSSR count). The van der Waals surface area contributed by atoms with Crippen LogP contribution in [0.5, 0.6) is 5.75 Å². The quantitative estimate of drug-likeness (QED) is 0.416. The summed E-state index contributed by atoms with van der Waals surface area (Å²) in [4.78, 5) is 16.4. The van der Waals surface area contributed by atoms with Crippen molar-refractivity contribution in [1.82, 2.24) is 9.88 Å². The molecule has 0 bridgehead atoms. The predicted octanol–water partition coefficient (Wildman–Crippen LogP) is 2.17. The van der Waals surface area contributed by atoms with Gasteiger partial charge in [-0.15, -0.1) is 0 Å². The molecular weight excluding hydrogens is 330 g/mol. The van der Waals surface area contributed by atoms with E-state index in [-0.39, 0.29) is 11.9 Å². The summed E-state index contributed by atoms with van der Waals surface area (Å²) in [5.74, 6) is 0.0172. The number of fused-ring (bicyclic) bond motifs is 1. The lowest BCUT2D eigenvalue weighted by molar-refractivity contribution is 0.0864. The molecule has 0 fully saturated rings. The molecule has 0 saturated carbocycles. The molecule has 1 heterocycles. The smallest absolute Gasteiger partial charge is 0.276 e. The van der Waals surface area contributed by atoms with Crippen molar-refractivity contribution in [3.63, 3.8) is 0 Å². The van der Waals surface area contributed by atoms with E-state index in [1.807, 2.05) is 42.5 Å². The highest BCUT2D eigenvalue weighted by atomic mass is 16.5. The van der Waals surface area contributed by atoms with Gasteiger partial charge in [0, 0.05) is 30.6 Å². The Labute approximate surface area is 151 Å². The Morgan fingerprint density at radius 2 is 1.96 bits per heavy atom. The molecule has 1 aromatic heterocycles. The van der Waals surface area contributed by atoms with E-state index in [0.717, 1.165) is 26.9 Å². The Kier molecular flexibility index (Phi) is 4.90. The molecule has 0 spiro atoms. The molecule has 0 unspecified atom stereocenters. The summed E-state index contributed by atoms with van der Waals surface area (Å²) in [6, 6.07) is 15.2. The van der Waals surface area contributed by atoms with Crippen LogP contribution in [0.25, 0.3) is 10.9 Å². The molecule has 6 N–H and O–H groups in total. The standard InChI is InChI=1S/C19H21N5O2/c1-24(19(21)22)18(25)17-8-14-5-6-15(9-16(14)23-17)26-11-13-4-2-3-12(7-13)10-20/h2-9,23H,10-11,20H2,1H3,(H3,21,22). The van der Waals surface area contributed by atoms with Crippen LogP contribution in [0, 0.1) is 5.41 Å². The summed E-state index contributed by atoms with van der Waals surface area (Å²) in [5, 5.41) is 8.23. The molecule has 0 aliphatic rings. The Morgan fingerprint density at radius 3 is 2.69 bits per heavy atom. The largest absolute Gasteiger partial charge is 0.489 e. The van der Waals surface area contributed by atoms with Crippen LogP contribution in [-0.4, -0.2) is 28.8 Å². The molecule has 1 amide bonds. The van der Waals surface area contributed by atoms with Gasteiger partial charge < -0.3 is 21.2 Å². The Bertz CT molecular complexity index is 963. The number of aromatic nitrogens is 1. The number of nitrogens with one attached hydrogen (secondary N) is 2. The number of amides is 1. The van der Waals surface area contributed by atoms with Gasteiger partial charge in [-0.2, -0.15) is 0 Å². The molecule has 0 radical (unpaired) electrons. The van der Waals surface area contributed by atoms with Crippen molar-refractivity contribution in [2.75, 3.05) is 7.05 Å². The lowest BCUT2D eigenvalue weighted by Crippen LogP contribution is -2.38. The van der Waals surface area contributed by atoms with Gasteiger partial charge in [-0.25, -0.2) is 0 Å². The van der Waals surface area contributed by atoms with Crippen LogP contribution >= 0.6 is 0 Å². The average molecular weight is 351 g/mol. The van der Waals surface area contributed by atoms with E-state index < -0.39 is 0 Å². The van der Waals surface area contributed by atoms with Gasteiger partial charge in [-0.1, -0.05) is 24.3 Å². The highest BCUT2D eigenvalue weighted by molar-refractivity contribution is 6.05. The fraction of sp³-hybridized carbons (Fsp3) is 0.158. The third-order valence-electron chi connectivity index (χ3n) is 4.12. The third-order valence-corrected chi connectivity index (χ3v) is 4.12. The SMILES string of the molecule is CN(C(=N)N)C(=O)c1cc2ccc(OCc3cccc(CN)c3)cc2[nH]1. The molecule has 7 heteroatoms. The van der Waals surface area contributed by atoms with Crippen molar-refractivity contribution in [2.45, 2.75) is 13.2 Å². The van der Waals surface area contributed by atoms with Crippen LogP contribution in [0.1, 0.15) is 21.6 Å². The monoisotopic (exact) mass is 351 g/mol. The highest BCUT2D eigenvalue weighted by Gasteiger charge is 2.16. The fourth-order valence-corrected chi connectivity index (χ4v) is 2.61. The summed E-state index contributed by atoms with van der Waals surface area (Å²) >= 11 is 0. The van der Waals surface area contributed by atoms with Gasteiger partial charge in [0.05, 0.1) is 0 Å². The maximum atomic E-state index is 12.2. The zero-order valence-corrected chi connectivity index (χ0v) is 14.5. The van der Waals surface area contributed by atoms with Crippen molar-refractivity contribution < 1.29 is 9.53 Å². The number of H-pyrrole nitrogens is 1. The molecule has 134 valence electrons. The summed E-state index contributed by atoms with van der Waals surface area (Å²) in [7, 11) is 1.46. The van der Waals surface area contributed by atoms with Crippen molar-refractivity contribution in [3.05, 3.63) is 65.4 Å². The lowest BCUT2D eigenvalue weighted by Gasteiger charge is -2.12. The summed E-state index contributed by atoms with van der Waals surface area (Å²) < 4.78 is 5.84. The normalized spacial score (nSPS) is 10.7. The van der Waals surface area contributed by atoms with Crippen LogP contribution in [0.15, 0.2) is 48.5 Å². The number of ether oxygens (including phenoxy) is 1. The van der Waals surface area contributed by atoms with Gasteiger partial charge in [-0.3, -0.25) is 15.1 Å². The number of aromatic amines is 1. The van der Waals surface area contributed by atoms with Gasteiger partial charge >= 0.3 is 0 Å². The first-order valence-corrected chi connectivity index (χ1v) is 8.13. The minimum Gasteiger partial charge on any atom is -0.489 e. The molecule has 0 atom stereocenters. The minimum atomic E-state index is -0.366. The van der Waals surface area contributed by atoms with Gasteiger partial charge in [0.15, 0.2) is 5.96 Å². The topological polar surface area (TPSA) is 121 Å². The van der Waals surface area contributed by atoms with E-state index in [0.29, 0.717) is 24.6 Å². The Hall–Kier alpha value is -3.32. The summed E-state index contributed by atoms with van der Waals surface area (Å²) in [6.45, 7) is 0.923. The number of carbonyl (C=O) groups excluding carboxylic acids is 1. The van der Waals surface area contributed by atoms with Crippen LogP contribution in [0.3, 0.4) is 0 Å². The maximum absolute atomic E-state index is 12.2. The first-order valence-electron chi connectivity index (χ1n) is 8.13. The number of nitrogens with zero attached hydrogens (tertiary/aromatic N) is 1. The maximum Gasteiger partial charge on any atom is 0.276 e. The van der Waals surface area contributed by atoms with Crippen molar-refractivity contribution >= 4 is 22.8 Å². The van der Waals surface area contributed by atoms with Gasteiger partial charge in [0.1, 0.15) is 18.1 Å². The van der Waals surface area contributed by atoms with E-state index in [4.69, 9.17) is 21.6 Å². The molecule has 0 saturated heterocycles. The molecule has 0 aliphatic heterocycles. The van der Waals surface area contributed by atoms with E-state index in [9.17, 15) is 4.79 Å². The summed E-state index contributed by atoms with van der Waals surface area (Å²) in [6.07, 6.45) is 0. The van der Waals surface area contributed by atoms with Gasteiger partial charge in [0.2, 0.25) is 0 Å². The summed E-state index contributed by atoms with van der Waals surface area (Å²) in [5.41, 5.74) is 14.3. The molecular formula is C19H21N5O2. The number of nitrogens with two attached hydrogens (primary N) is 2. The predicted molar refractivity (Wildman–Crippen MR) is 101 cm³/mol. The van der Waals surface area contributed by atoms with Crippen LogP contribution in [-0.2, 0) is 13.2 Å². The molecule has 2 aromatic carbocycles. The Morgan fingerprint density at radius 1 is 1.19 bits per heavy atom. The van der Waals surface area contributed by atoms with Crippen LogP contribution < -0.4 is 16.2 Å². The van der Waals surface area contributed by atoms with Crippen LogP contribution in [0.4, 0.5) is 0 Å². The number of hydrogen-bond donors (Lipinski definition) is 4.